The molecule has 3 fully saturated rings. The number of nitrogens with zero attached hydrogens (tertiary/aromatic N) is 1. The Morgan fingerprint density at radius 3 is 2.27 bits per heavy atom. The molecule has 51 heavy (non-hydrogen) atoms. The molecule has 0 bridgehead atoms. The largest absolute Gasteiger partial charge is 0.493 e. The Balaban J connectivity index is 0.000000226. The molecule has 3 atom stereocenters. The first-order valence-electron chi connectivity index (χ1n) is 18.0. The fraction of sp³-hybridized carbons (Fsp3) is 0.500. The second-order valence-electron chi connectivity index (χ2n) is 13.6. The Bertz CT molecular complexity index is 1560. The lowest BCUT2D eigenvalue weighted by molar-refractivity contribution is -0.139. The van der Waals surface area contributed by atoms with Crippen LogP contribution in [0.15, 0.2) is 60.7 Å². The fourth-order valence-corrected chi connectivity index (χ4v) is 7.02. The van der Waals surface area contributed by atoms with E-state index >= 15 is 0 Å². The van der Waals surface area contributed by atoms with Gasteiger partial charge in [-0.1, -0.05) is 47.5 Å². The van der Waals surface area contributed by atoms with Gasteiger partial charge in [0.15, 0.2) is 5.75 Å². The van der Waals surface area contributed by atoms with Crippen LogP contribution in [0.2, 0.25) is 10.0 Å². The number of piperidine rings is 1. The van der Waals surface area contributed by atoms with Crippen LogP contribution >= 0.6 is 23.2 Å². The maximum absolute atomic E-state index is 13.3. The SMILES string of the molecule is COCCCc1cc(CN(C(=O)[C@@H]2CCCNC2)C2CC2)cc(OC[C@@H]2C[C@H]2C(=O)O)c1.Cc1cc(Cl)c(OCCOc2ccccc2)c(Cl)c1. The number of nitrogens with one attached hydrogen (secondary N) is 1. The molecular weight excluding hydrogens is 691 g/mol. The first-order chi connectivity index (χ1) is 24.7. The molecule has 3 aromatic rings. The van der Waals surface area contributed by atoms with Crippen molar-refractivity contribution in [2.45, 2.75) is 64.5 Å². The Hall–Kier alpha value is -3.50. The van der Waals surface area contributed by atoms with Crippen molar-refractivity contribution in [1.82, 2.24) is 10.2 Å². The zero-order valence-corrected chi connectivity index (χ0v) is 31.1. The molecule has 2 aliphatic carbocycles. The molecule has 9 nitrogen and oxygen atoms in total. The number of halogens is 2. The molecule has 0 spiro atoms. The van der Waals surface area contributed by atoms with Gasteiger partial charge < -0.3 is 34.3 Å². The summed E-state index contributed by atoms with van der Waals surface area (Å²) in [7, 11) is 1.71. The fourth-order valence-electron chi connectivity index (χ4n) is 6.32. The summed E-state index contributed by atoms with van der Waals surface area (Å²) in [5, 5.41) is 13.5. The minimum absolute atomic E-state index is 0.0766. The standard InChI is InChI=1S/C25H36N2O5.C15H14Cl2O2/c1-31-9-3-4-17-10-18(12-22(11-17)32-16-20-13-23(20)25(29)30)15-27(21-6-7-21)24(28)19-5-2-8-26-14-19;1-11-9-13(16)15(14(17)10-11)19-8-7-18-12-5-3-2-4-6-12/h10-12,19-21,23,26H,2-9,13-16H2,1H3,(H,29,30);2-6,9-10H,7-8H2,1H3/t19-,20+,23-;/m1./s1. The molecule has 276 valence electrons. The molecule has 1 amide bonds. The van der Waals surface area contributed by atoms with Crippen molar-refractivity contribution in [2.75, 3.05) is 46.6 Å². The quantitative estimate of drug-likeness (QED) is 0.136. The minimum atomic E-state index is -0.733. The summed E-state index contributed by atoms with van der Waals surface area (Å²) in [6.07, 6.45) is 6.68. The molecule has 6 rings (SSSR count). The van der Waals surface area contributed by atoms with E-state index in [4.69, 9.17) is 47.3 Å². The van der Waals surface area contributed by atoms with E-state index in [2.05, 4.69) is 16.3 Å². The lowest BCUT2D eigenvalue weighted by Gasteiger charge is -2.30. The van der Waals surface area contributed by atoms with Crippen LogP contribution in [0.3, 0.4) is 0 Å². The minimum Gasteiger partial charge on any atom is -0.493 e. The highest BCUT2D eigenvalue weighted by Gasteiger charge is 2.43. The van der Waals surface area contributed by atoms with Crippen LogP contribution < -0.4 is 19.5 Å². The molecule has 2 saturated carbocycles. The van der Waals surface area contributed by atoms with Crippen LogP contribution in [-0.2, 0) is 27.3 Å². The lowest BCUT2D eigenvalue weighted by atomic mass is 9.97. The van der Waals surface area contributed by atoms with Crippen molar-refractivity contribution in [1.29, 1.82) is 0 Å². The van der Waals surface area contributed by atoms with E-state index in [-0.39, 0.29) is 23.7 Å². The van der Waals surface area contributed by atoms with Crippen molar-refractivity contribution in [3.63, 3.8) is 0 Å². The molecule has 1 aliphatic heterocycles. The molecule has 0 unspecified atom stereocenters. The number of aliphatic carboxylic acids is 1. The monoisotopic (exact) mass is 740 g/mol. The average molecular weight is 742 g/mol. The number of carbonyl (C=O) groups is 2. The molecular formula is C40H50Cl2N2O7. The van der Waals surface area contributed by atoms with Gasteiger partial charge >= 0.3 is 5.97 Å². The molecule has 0 radical (unpaired) electrons. The summed E-state index contributed by atoms with van der Waals surface area (Å²) in [5.74, 6) is 1.53. The first kappa shape index (κ1) is 38.7. The third-order valence-electron chi connectivity index (χ3n) is 9.30. The number of methoxy groups -OCH3 is 1. The van der Waals surface area contributed by atoms with Crippen molar-refractivity contribution in [2.24, 2.45) is 17.8 Å². The molecule has 2 N–H and O–H groups in total. The van der Waals surface area contributed by atoms with Crippen LogP contribution in [0.1, 0.15) is 55.2 Å². The molecule has 3 aromatic carbocycles. The third kappa shape index (κ3) is 12.3. The summed E-state index contributed by atoms with van der Waals surface area (Å²) in [4.78, 5) is 26.5. The van der Waals surface area contributed by atoms with Crippen molar-refractivity contribution < 1.29 is 33.6 Å². The second kappa shape index (κ2) is 19.4. The van der Waals surface area contributed by atoms with Crippen LogP contribution in [0.4, 0.5) is 0 Å². The number of benzene rings is 3. The second-order valence-corrected chi connectivity index (χ2v) is 14.5. The van der Waals surface area contributed by atoms with E-state index in [1.54, 1.807) is 7.11 Å². The Kier molecular flexibility index (Phi) is 14.7. The Morgan fingerprint density at radius 2 is 1.63 bits per heavy atom. The molecule has 1 saturated heterocycles. The van der Waals surface area contributed by atoms with E-state index in [0.717, 1.165) is 74.2 Å². The number of ether oxygens (including phenoxy) is 4. The summed E-state index contributed by atoms with van der Waals surface area (Å²) in [6, 6.07) is 19.8. The predicted molar refractivity (Wildman–Crippen MR) is 199 cm³/mol. The highest BCUT2D eigenvalue weighted by Crippen LogP contribution is 2.39. The number of hydrogen-bond acceptors (Lipinski definition) is 7. The maximum Gasteiger partial charge on any atom is 0.306 e. The number of para-hydroxylation sites is 1. The van der Waals surface area contributed by atoms with Crippen molar-refractivity contribution in [3.05, 3.63) is 87.4 Å². The molecule has 11 heteroatoms. The van der Waals surface area contributed by atoms with Gasteiger partial charge in [-0.05, 0) is 112 Å². The smallest absolute Gasteiger partial charge is 0.306 e. The average Bonchev–Trinajstić information content (AvgIpc) is 4.06. The molecule has 0 aromatic heterocycles. The van der Waals surface area contributed by atoms with E-state index in [0.29, 0.717) is 61.2 Å². The predicted octanol–water partition coefficient (Wildman–Crippen LogP) is 7.62. The number of rotatable bonds is 17. The van der Waals surface area contributed by atoms with Crippen LogP contribution in [0.25, 0.3) is 0 Å². The van der Waals surface area contributed by atoms with Gasteiger partial charge in [0.2, 0.25) is 5.91 Å². The van der Waals surface area contributed by atoms with E-state index in [1.807, 2.05) is 61.5 Å². The Labute approximate surface area is 311 Å². The highest BCUT2D eigenvalue weighted by atomic mass is 35.5. The number of carbonyl (C=O) groups excluding carboxylic acids is 1. The van der Waals surface area contributed by atoms with Gasteiger partial charge in [-0.2, -0.15) is 0 Å². The number of amides is 1. The van der Waals surface area contributed by atoms with Gasteiger partial charge in [0.05, 0.1) is 28.5 Å². The maximum atomic E-state index is 13.3. The Morgan fingerprint density at radius 1 is 0.902 bits per heavy atom. The van der Waals surface area contributed by atoms with E-state index in [1.165, 1.54) is 5.56 Å². The lowest BCUT2D eigenvalue weighted by Crippen LogP contribution is -2.43. The van der Waals surface area contributed by atoms with Gasteiger partial charge in [-0.25, -0.2) is 0 Å². The molecule has 3 aliphatic rings. The summed E-state index contributed by atoms with van der Waals surface area (Å²) >= 11 is 12.2. The van der Waals surface area contributed by atoms with Crippen LogP contribution in [0, 0.1) is 24.7 Å². The van der Waals surface area contributed by atoms with Crippen molar-refractivity contribution in [3.8, 4) is 17.2 Å². The van der Waals surface area contributed by atoms with Crippen LogP contribution in [-0.4, -0.2) is 74.6 Å². The van der Waals surface area contributed by atoms with Gasteiger partial charge in [0.1, 0.15) is 24.7 Å². The zero-order valence-electron chi connectivity index (χ0n) is 29.6. The van der Waals surface area contributed by atoms with Crippen molar-refractivity contribution >= 4 is 35.1 Å². The first-order valence-corrected chi connectivity index (χ1v) is 18.7. The highest BCUT2D eigenvalue weighted by molar-refractivity contribution is 6.37. The molecule has 1 heterocycles. The van der Waals surface area contributed by atoms with E-state index < -0.39 is 5.97 Å². The van der Waals surface area contributed by atoms with Gasteiger partial charge in [0.25, 0.3) is 0 Å². The summed E-state index contributed by atoms with van der Waals surface area (Å²) < 4.78 is 22.3. The number of hydrogen-bond donors (Lipinski definition) is 2. The number of carboxylic acids is 1. The normalized spacial score (nSPS) is 19.3. The number of carboxylic acid groups (broad SMARTS) is 1. The topological polar surface area (TPSA) is 107 Å². The van der Waals surface area contributed by atoms with E-state index in [9.17, 15) is 9.59 Å². The van der Waals surface area contributed by atoms with Gasteiger partial charge in [0, 0.05) is 38.8 Å². The third-order valence-corrected chi connectivity index (χ3v) is 9.86. The summed E-state index contributed by atoms with van der Waals surface area (Å²) in [5.41, 5.74) is 3.26. The van der Waals surface area contributed by atoms with Gasteiger partial charge in [-0.15, -0.1) is 0 Å². The van der Waals surface area contributed by atoms with Gasteiger partial charge in [-0.3, -0.25) is 9.59 Å². The van der Waals surface area contributed by atoms with Crippen LogP contribution in [0.5, 0.6) is 17.2 Å². The summed E-state index contributed by atoms with van der Waals surface area (Å²) in [6.45, 7) is 6.26. The zero-order chi connectivity index (χ0) is 36.2. The number of aryl methyl sites for hydroxylation is 2.